The van der Waals surface area contributed by atoms with Crippen LogP contribution in [0.2, 0.25) is 0 Å². The Morgan fingerprint density at radius 3 is 2.20 bits per heavy atom. The van der Waals surface area contributed by atoms with E-state index in [4.69, 9.17) is 4.74 Å². The number of carbonyl (C=O) groups excluding carboxylic acids is 1. The highest BCUT2D eigenvalue weighted by atomic mass is 16.5. The standard InChI is InChI=1S/C18H20O2/c1-14(2)18(19)12-15-8-10-17(11-9-15)20-13-16-6-4-3-5-7-16/h3-11,14H,12-13H2,1-2H3. The zero-order chi connectivity index (χ0) is 14.4. The Morgan fingerprint density at radius 1 is 0.950 bits per heavy atom. The smallest absolute Gasteiger partial charge is 0.139 e. The molecule has 0 unspecified atom stereocenters. The number of ketones is 1. The number of hydrogen-bond donors (Lipinski definition) is 0. The Morgan fingerprint density at radius 2 is 1.60 bits per heavy atom. The van der Waals surface area contributed by atoms with Crippen molar-refractivity contribution >= 4 is 5.78 Å². The molecule has 0 aromatic heterocycles. The molecule has 0 amide bonds. The average molecular weight is 268 g/mol. The molecule has 0 saturated heterocycles. The van der Waals surface area contributed by atoms with Crippen molar-refractivity contribution in [2.75, 3.05) is 0 Å². The van der Waals surface area contributed by atoms with Crippen LogP contribution in [0.25, 0.3) is 0 Å². The van der Waals surface area contributed by atoms with Gasteiger partial charge in [-0.3, -0.25) is 4.79 Å². The maximum atomic E-state index is 11.7. The van der Waals surface area contributed by atoms with Crippen molar-refractivity contribution in [1.82, 2.24) is 0 Å². The van der Waals surface area contributed by atoms with Crippen molar-refractivity contribution in [2.45, 2.75) is 26.9 Å². The second-order valence-electron chi connectivity index (χ2n) is 5.22. The fourth-order valence-corrected chi connectivity index (χ4v) is 1.85. The van der Waals surface area contributed by atoms with Gasteiger partial charge in [0.05, 0.1) is 0 Å². The second-order valence-corrected chi connectivity index (χ2v) is 5.22. The van der Waals surface area contributed by atoms with Crippen molar-refractivity contribution in [3.63, 3.8) is 0 Å². The lowest BCUT2D eigenvalue weighted by Gasteiger charge is -2.08. The Kier molecular flexibility index (Phi) is 4.94. The van der Waals surface area contributed by atoms with E-state index in [1.54, 1.807) is 0 Å². The molecule has 0 atom stereocenters. The topological polar surface area (TPSA) is 26.3 Å². The summed E-state index contributed by atoms with van der Waals surface area (Å²) >= 11 is 0. The van der Waals surface area contributed by atoms with Crippen LogP contribution in [-0.4, -0.2) is 5.78 Å². The molecule has 0 aliphatic heterocycles. The predicted octanol–water partition coefficient (Wildman–Crippen LogP) is 4.03. The van der Waals surface area contributed by atoms with Crippen LogP contribution in [0.4, 0.5) is 0 Å². The fraction of sp³-hybridized carbons (Fsp3) is 0.278. The van der Waals surface area contributed by atoms with Gasteiger partial charge in [0.2, 0.25) is 0 Å². The minimum Gasteiger partial charge on any atom is -0.489 e. The summed E-state index contributed by atoms with van der Waals surface area (Å²) in [5, 5.41) is 0. The molecule has 0 heterocycles. The van der Waals surface area contributed by atoms with Crippen molar-refractivity contribution < 1.29 is 9.53 Å². The van der Waals surface area contributed by atoms with Crippen LogP contribution in [0.3, 0.4) is 0 Å². The molecular formula is C18H20O2. The Hall–Kier alpha value is -2.09. The van der Waals surface area contributed by atoms with Gasteiger partial charge in [-0.05, 0) is 23.3 Å². The Balaban J connectivity index is 1.90. The zero-order valence-electron chi connectivity index (χ0n) is 12.0. The first-order chi connectivity index (χ1) is 9.65. The van der Waals surface area contributed by atoms with Gasteiger partial charge < -0.3 is 4.74 Å². The molecule has 0 aliphatic rings. The molecule has 2 aromatic carbocycles. The lowest BCUT2D eigenvalue weighted by atomic mass is 10.0. The van der Waals surface area contributed by atoms with Crippen LogP contribution in [0.5, 0.6) is 5.75 Å². The fourth-order valence-electron chi connectivity index (χ4n) is 1.85. The van der Waals surface area contributed by atoms with E-state index in [9.17, 15) is 4.79 Å². The third-order valence-corrected chi connectivity index (χ3v) is 3.19. The monoisotopic (exact) mass is 268 g/mol. The van der Waals surface area contributed by atoms with Crippen LogP contribution < -0.4 is 4.74 Å². The van der Waals surface area contributed by atoms with E-state index in [0.717, 1.165) is 16.9 Å². The minimum atomic E-state index is 0.0870. The summed E-state index contributed by atoms with van der Waals surface area (Å²) in [6, 6.07) is 17.8. The Labute approximate surface area is 120 Å². The van der Waals surface area contributed by atoms with Gasteiger partial charge in [0, 0.05) is 12.3 Å². The van der Waals surface area contributed by atoms with E-state index in [2.05, 4.69) is 0 Å². The number of benzene rings is 2. The third kappa shape index (κ3) is 4.23. The van der Waals surface area contributed by atoms with E-state index in [1.165, 1.54) is 0 Å². The van der Waals surface area contributed by atoms with Crippen molar-refractivity contribution in [3.8, 4) is 5.75 Å². The van der Waals surface area contributed by atoms with Crippen molar-refractivity contribution in [2.24, 2.45) is 5.92 Å². The maximum absolute atomic E-state index is 11.7. The van der Waals surface area contributed by atoms with Gasteiger partial charge in [0.15, 0.2) is 0 Å². The summed E-state index contributed by atoms with van der Waals surface area (Å²) in [5.41, 5.74) is 2.18. The van der Waals surface area contributed by atoms with Crippen molar-refractivity contribution in [1.29, 1.82) is 0 Å². The second kappa shape index (κ2) is 6.90. The van der Waals surface area contributed by atoms with E-state index in [-0.39, 0.29) is 11.7 Å². The highest BCUT2D eigenvalue weighted by Gasteiger charge is 2.08. The third-order valence-electron chi connectivity index (χ3n) is 3.19. The lowest BCUT2D eigenvalue weighted by molar-refractivity contribution is -0.121. The summed E-state index contributed by atoms with van der Waals surface area (Å²) in [6.07, 6.45) is 0.497. The first kappa shape index (κ1) is 14.3. The highest BCUT2D eigenvalue weighted by Crippen LogP contribution is 2.15. The first-order valence-electron chi connectivity index (χ1n) is 6.93. The quantitative estimate of drug-likeness (QED) is 0.790. The molecule has 2 rings (SSSR count). The van der Waals surface area contributed by atoms with Gasteiger partial charge in [0.25, 0.3) is 0 Å². The molecule has 2 aromatic rings. The van der Waals surface area contributed by atoms with Gasteiger partial charge in [-0.1, -0.05) is 56.3 Å². The molecule has 20 heavy (non-hydrogen) atoms. The SMILES string of the molecule is CC(C)C(=O)Cc1ccc(OCc2ccccc2)cc1. The summed E-state index contributed by atoms with van der Waals surface area (Å²) in [7, 11) is 0. The van der Waals surface area contributed by atoms with Gasteiger partial charge >= 0.3 is 0 Å². The normalized spacial score (nSPS) is 10.6. The number of carbonyl (C=O) groups is 1. The maximum Gasteiger partial charge on any atom is 0.139 e. The molecule has 0 fully saturated rings. The molecule has 0 bridgehead atoms. The number of hydrogen-bond acceptors (Lipinski definition) is 2. The van der Waals surface area contributed by atoms with E-state index in [0.29, 0.717) is 13.0 Å². The van der Waals surface area contributed by atoms with Crippen LogP contribution >= 0.6 is 0 Å². The van der Waals surface area contributed by atoms with E-state index >= 15 is 0 Å². The number of rotatable bonds is 6. The van der Waals surface area contributed by atoms with Gasteiger partial charge in [-0.15, -0.1) is 0 Å². The van der Waals surface area contributed by atoms with Crippen LogP contribution in [0.15, 0.2) is 54.6 Å². The van der Waals surface area contributed by atoms with Crippen molar-refractivity contribution in [3.05, 3.63) is 65.7 Å². The molecule has 2 heteroatoms. The molecule has 0 N–H and O–H groups in total. The highest BCUT2D eigenvalue weighted by molar-refractivity contribution is 5.82. The van der Waals surface area contributed by atoms with Gasteiger partial charge in [-0.2, -0.15) is 0 Å². The molecule has 104 valence electrons. The number of Topliss-reactive ketones (excluding diaryl/α,β-unsaturated/α-hetero) is 1. The van der Waals surface area contributed by atoms with Crippen LogP contribution in [-0.2, 0) is 17.8 Å². The largest absolute Gasteiger partial charge is 0.489 e. The average Bonchev–Trinajstić information content (AvgIpc) is 2.47. The minimum absolute atomic E-state index is 0.0870. The molecule has 0 spiro atoms. The Bertz CT molecular complexity index is 541. The summed E-state index contributed by atoms with van der Waals surface area (Å²) in [5.74, 6) is 1.18. The van der Waals surface area contributed by atoms with E-state index < -0.39 is 0 Å². The van der Waals surface area contributed by atoms with Crippen LogP contribution in [0.1, 0.15) is 25.0 Å². The summed E-state index contributed by atoms with van der Waals surface area (Å²) in [4.78, 5) is 11.7. The lowest BCUT2D eigenvalue weighted by Crippen LogP contribution is -2.09. The van der Waals surface area contributed by atoms with Crippen LogP contribution in [0, 0.1) is 5.92 Å². The van der Waals surface area contributed by atoms with E-state index in [1.807, 2.05) is 68.4 Å². The first-order valence-corrected chi connectivity index (χ1v) is 6.93. The molecule has 2 nitrogen and oxygen atoms in total. The van der Waals surface area contributed by atoms with Gasteiger partial charge in [-0.25, -0.2) is 0 Å². The summed E-state index contributed by atoms with van der Waals surface area (Å²) < 4.78 is 5.71. The summed E-state index contributed by atoms with van der Waals surface area (Å²) in [6.45, 7) is 4.42. The molecular weight excluding hydrogens is 248 g/mol. The number of ether oxygens (including phenoxy) is 1. The molecule has 0 aliphatic carbocycles. The predicted molar refractivity (Wildman–Crippen MR) is 80.8 cm³/mol. The molecule has 0 radical (unpaired) electrons. The van der Waals surface area contributed by atoms with Gasteiger partial charge in [0.1, 0.15) is 18.1 Å². The zero-order valence-corrected chi connectivity index (χ0v) is 12.0. The molecule has 0 saturated carbocycles.